The molecule has 1 aliphatic rings. The van der Waals surface area contributed by atoms with Crippen LogP contribution >= 0.6 is 0 Å². The first-order valence-corrected chi connectivity index (χ1v) is 7.10. The van der Waals surface area contributed by atoms with Gasteiger partial charge in [-0.05, 0) is 12.8 Å². The molecule has 1 fully saturated rings. The molecule has 0 bridgehead atoms. The molecule has 1 heterocycles. The van der Waals surface area contributed by atoms with Crippen molar-refractivity contribution in [3.05, 3.63) is 11.7 Å². The summed E-state index contributed by atoms with van der Waals surface area (Å²) < 4.78 is 10.9. The molecule has 1 saturated carbocycles. The molecule has 2 rings (SSSR count). The molecule has 1 aromatic rings. The van der Waals surface area contributed by atoms with Crippen molar-refractivity contribution in [3.63, 3.8) is 0 Å². The summed E-state index contributed by atoms with van der Waals surface area (Å²) >= 11 is 0. The van der Waals surface area contributed by atoms with Crippen LogP contribution in [0.15, 0.2) is 4.52 Å². The van der Waals surface area contributed by atoms with E-state index in [1.165, 1.54) is 12.8 Å². The molecular weight excluding hydrogens is 244 g/mol. The average molecular weight is 266 g/mol. The number of Topliss-reactive ketones (excluding diaryl/α,β-unsaturated/α-hetero) is 1. The maximum absolute atomic E-state index is 11.4. The van der Waals surface area contributed by atoms with E-state index in [-0.39, 0.29) is 12.2 Å². The quantitative estimate of drug-likeness (QED) is 0.767. The molecule has 5 heteroatoms. The van der Waals surface area contributed by atoms with Crippen molar-refractivity contribution in [2.75, 3.05) is 7.11 Å². The Bertz CT molecular complexity index is 420. The highest BCUT2D eigenvalue weighted by Crippen LogP contribution is 2.37. The molecular formula is C14H22N2O3. The molecule has 0 unspecified atom stereocenters. The first kappa shape index (κ1) is 14.2. The number of carbonyl (C=O) groups excluding carboxylic acids is 1. The molecule has 0 spiro atoms. The van der Waals surface area contributed by atoms with Crippen LogP contribution in [-0.4, -0.2) is 23.0 Å². The highest BCUT2D eigenvalue weighted by atomic mass is 16.5. The van der Waals surface area contributed by atoms with Crippen molar-refractivity contribution in [1.82, 2.24) is 10.1 Å². The summed E-state index contributed by atoms with van der Waals surface area (Å²) in [7, 11) is 1.71. The summed E-state index contributed by atoms with van der Waals surface area (Å²) in [6.07, 6.45) is 7.25. The summed E-state index contributed by atoms with van der Waals surface area (Å²) in [6, 6.07) is 0. The Kier molecular flexibility index (Phi) is 4.69. The maximum atomic E-state index is 11.4. The molecule has 0 saturated heterocycles. The first-order valence-electron chi connectivity index (χ1n) is 7.10. The molecule has 0 aliphatic heterocycles. The van der Waals surface area contributed by atoms with Gasteiger partial charge in [0, 0.05) is 13.5 Å². The number of ether oxygens (including phenoxy) is 1. The Morgan fingerprint density at radius 2 is 2.00 bits per heavy atom. The van der Waals surface area contributed by atoms with Crippen molar-refractivity contribution in [2.45, 2.75) is 63.9 Å². The van der Waals surface area contributed by atoms with Gasteiger partial charge in [0.05, 0.1) is 6.42 Å². The third kappa shape index (κ3) is 3.21. The number of aromatic nitrogens is 2. The van der Waals surface area contributed by atoms with Crippen LogP contribution in [0.4, 0.5) is 0 Å². The van der Waals surface area contributed by atoms with Gasteiger partial charge in [0.1, 0.15) is 11.4 Å². The van der Waals surface area contributed by atoms with E-state index in [0.29, 0.717) is 18.1 Å². The minimum Gasteiger partial charge on any atom is -0.370 e. The number of hydrogen-bond donors (Lipinski definition) is 0. The number of nitrogens with zero attached hydrogens (tertiary/aromatic N) is 2. The fraction of sp³-hybridized carbons (Fsp3) is 0.786. The molecule has 0 atom stereocenters. The van der Waals surface area contributed by atoms with Crippen molar-refractivity contribution in [1.29, 1.82) is 0 Å². The topological polar surface area (TPSA) is 65.2 Å². The normalized spacial score (nSPS) is 19.1. The third-order valence-electron chi connectivity index (χ3n) is 3.92. The molecule has 0 N–H and O–H groups in total. The van der Waals surface area contributed by atoms with Crippen LogP contribution in [0.5, 0.6) is 0 Å². The van der Waals surface area contributed by atoms with Gasteiger partial charge < -0.3 is 9.26 Å². The largest absolute Gasteiger partial charge is 0.370 e. The van der Waals surface area contributed by atoms with Gasteiger partial charge in [-0.3, -0.25) is 4.79 Å². The highest BCUT2D eigenvalue weighted by Gasteiger charge is 2.37. The average Bonchev–Trinajstić information content (AvgIpc) is 2.76. The number of methoxy groups -OCH3 is 1. The molecule has 1 aliphatic carbocycles. The van der Waals surface area contributed by atoms with Gasteiger partial charge in [-0.15, -0.1) is 0 Å². The van der Waals surface area contributed by atoms with Crippen molar-refractivity contribution >= 4 is 5.78 Å². The monoisotopic (exact) mass is 266 g/mol. The van der Waals surface area contributed by atoms with Gasteiger partial charge in [-0.2, -0.15) is 4.98 Å². The SMILES string of the molecule is CCC(=O)Cc1nc(C2(OC)CCCCCC2)no1. The molecule has 106 valence electrons. The second kappa shape index (κ2) is 6.28. The van der Waals surface area contributed by atoms with Gasteiger partial charge in [0.15, 0.2) is 0 Å². The number of carbonyl (C=O) groups is 1. The lowest BCUT2D eigenvalue weighted by Gasteiger charge is -2.27. The zero-order chi connectivity index (χ0) is 13.7. The summed E-state index contributed by atoms with van der Waals surface area (Å²) in [5.41, 5.74) is -0.423. The second-order valence-corrected chi connectivity index (χ2v) is 5.19. The Morgan fingerprint density at radius 1 is 1.32 bits per heavy atom. The van der Waals surface area contributed by atoms with E-state index < -0.39 is 5.60 Å². The fourth-order valence-electron chi connectivity index (χ4n) is 2.62. The molecule has 1 aromatic heterocycles. The molecule has 0 aromatic carbocycles. The lowest BCUT2D eigenvalue weighted by Crippen LogP contribution is -2.29. The Hall–Kier alpha value is -1.23. The van der Waals surface area contributed by atoms with Crippen LogP contribution in [0, 0.1) is 0 Å². The van der Waals surface area contributed by atoms with Gasteiger partial charge >= 0.3 is 0 Å². The standard InChI is InChI=1S/C14H22N2O3/c1-3-11(17)10-12-15-13(16-19-12)14(18-2)8-6-4-5-7-9-14/h3-10H2,1-2H3. The van der Waals surface area contributed by atoms with Crippen LogP contribution in [-0.2, 0) is 21.6 Å². The van der Waals surface area contributed by atoms with Crippen molar-refractivity contribution < 1.29 is 14.1 Å². The summed E-state index contributed by atoms with van der Waals surface area (Å²) in [5.74, 6) is 1.13. The van der Waals surface area contributed by atoms with Crippen LogP contribution in [0.1, 0.15) is 63.6 Å². The predicted octanol–water partition coefficient (Wildman–Crippen LogP) is 2.79. The van der Waals surface area contributed by atoms with Gasteiger partial charge in [-0.1, -0.05) is 37.8 Å². The predicted molar refractivity (Wildman–Crippen MR) is 69.7 cm³/mol. The third-order valence-corrected chi connectivity index (χ3v) is 3.92. The smallest absolute Gasteiger partial charge is 0.234 e. The van der Waals surface area contributed by atoms with E-state index in [1.54, 1.807) is 7.11 Å². The fourth-order valence-corrected chi connectivity index (χ4v) is 2.62. The summed E-state index contributed by atoms with van der Waals surface area (Å²) in [6.45, 7) is 1.83. The van der Waals surface area contributed by atoms with Crippen molar-refractivity contribution in [3.8, 4) is 0 Å². The molecule has 0 amide bonds. The highest BCUT2D eigenvalue weighted by molar-refractivity contribution is 5.79. The van der Waals surface area contributed by atoms with E-state index in [1.807, 2.05) is 6.92 Å². The number of hydrogen-bond acceptors (Lipinski definition) is 5. The van der Waals surface area contributed by atoms with E-state index in [0.717, 1.165) is 25.7 Å². The second-order valence-electron chi connectivity index (χ2n) is 5.19. The van der Waals surface area contributed by atoms with Crippen LogP contribution < -0.4 is 0 Å². The van der Waals surface area contributed by atoms with E-state index >= 15 is 0 Å². The first-order chi connectivity index (χ1) is 9.20. The number of ketones is 1. The van der Waals surface area contributed by atoms with Gasteiger partial charge in [-0.25, -0.2) is 0 Å². The Labute approximate surface area is 113 Å². The summed E-state index contributed by atoms with van der Waals surface area (Å²) in [4.78, 5) is 15.8. The van der Waals surface area contributed by atoms with Crippen LogP contribution in [0.2, 0.25) is 0 Å². The molecule has 0 radical (unpaired) electrons. The van der Waals surface area contributed by atoms with Gasteiger partial charge in [0.25, 0.3) is 0 Å². The van der Waals surface area contributed by atoms with E-state index in [2.05, 4.69) is 10.1 Å². The summed E-state index contributed by atoms with van der Waals surface area (Å²) in [5, 5.41) is 4.05. The minimum absolute atomic E-state index is 0.113. The van der Waals surface area contributed by atoms with Crippen molar-refractivity contribution in [2.24, 2.45) is 0 Å². The van der Waals surface area contributed by atoms with Crippen LogP contribution in [0.3, 0.4) is 0 Å². The number of rotatable bonds is 5. The van der Waals surface area contributed by atoms with Gasteiger partial charge in [0.2, 0.25) is 11.7 Å². The Morgan fingerprint density at radius 3 is 2.58 bits per heavy atom. The zero-order valence-corrected chi connectivity index (χ0v) is 11.8. The maximum Gasteiger partial charge on any atom is 0.234 e. The zero-order valence-electron chi connectivity index (χ0n) is 11.8. The van der Waals surface area contributed by atoms with Crippen LogP contribution in [0.25, 0.3) is 0 Å². The Balaban J connectivity index is 2.16. The molecule has 19 heavy (non-hydrogen) atoms. The minimum atomic E-state index is -0.423. The molecule has 5 nitrogen and oxygen atoms in total. The van der Waals surface area contributed by atoms with E-state index in [9.17, 15) is 4.79 Å². The lowest BCUT2D eigenvalue weighted by atomic mass is 9.93. The van der Waals surface area contributed by atoms with E-state index in [4.69, 9.17) is 9.26 Å². The lowest BCUT2D eigenvalue weighted by molar-refractivity contribution is -0.118.